The Morgan fingerprint density at radius 2 is 1.69 bits per heavy atom. The molecule has 0 atom stereocenters. The standard InChI is InChI=1S/C21H23NO3S/c1-22(16-18-9-5-8-17-7-3-4-12-21(17)18)13-14-26(23,24)20-11-6-10-19(15-20)25-2/h3-12,15H,13-14,16H2,1-2H3. The lowest BCUT2D eigenvalue weighted by atomic mass is 10.0. The fourth-order valence-electron chi connectivity index (χ4n) is 2.99. The van der Waals surface area contributed by atoms with Gasteiger partial charge in [0, 0.05) is 13.1 Å². The molecule has 26 heavy (non-hydrogen) atoms. The van der Waals surface area contributed by atoms with Gasteiger partial charge in [-0.1, -0.05) is 48.5 Å². The van der Waals surface area contributed by atoms with Crippen molar-refractivity contribution in [2.24, 2.45) is 0 Å². The molecule has 5 heteroatoms. The Hall–Kier alpha value is -2.37. The number of sulfone groups is 1. The molecule has 0 radical (unpaired) electrons. The summed E-state index contributed by atoms with van der Waals surface area (Å²) in [7, 11) is 0.134. The van der Waals surface area contributed by atoms with E-state index < -0.39 is 9.84 Å². The zero-order valence-electron chi connectivity index (χ0n) is 15.1. The van der Waals surface area contributed by atoms with E-state index >= 15 is 0 Å². The Morgan fingerprint density at radius 1 is 0.962 bits per heavy atom. The second kappa shape index (κ2) is 7.89. The highest BCUT2D eigenvalue weighted by molar-refractivity contribution is 7.91. The molecule has 0 N–H and O–H groups in total. The average molecular weight is 369 g/mol. The van der Waals surface area contributed by atoms with Gasteiger partial charge < -0.3 is 9.64 Å². The Balaban J connectivity index is 1.69. The smallest absolute Gasteiger partial charge is 0.179 e. The summed E-state index contributed by atoms with van der Waals surface area (Å²) in [5.41, 5.74) is 1.20. The van der Waals surface area contributed by atoms with Crippen LogP contribution in [0.4, 0.5) is 0 Å². The zero-order valence-corrected chi connectivity index (χ0v) is 15.9. The maximum absolute atomic E-state index is 12.6. The van der Waals surface area contributed by atoms with E-state index in [0.29, 0.717) is 23.7 Å². The van der Waals surface area contributed by atoms with Gasteiger partial charge in [-0.3, -0.25) is 0 Å². The monoisotopic (exact) mass is 369 g/mol. The lowest BCUT2D eigenvalue weighted by Gasteiger charge is -2.18. The van der Waals surface area contributed by atoms with Crippen molar-refractivity contribution in [1.82, 2.24) is 4.90 Å². The number of hydrogen-bond acceptors (Lipinski definition) is 4. The molecule has 0 amide bonds. The van der Waals surface area contributed by atoms with E-state index in [1.165, 1.54) is 23.4 Å². The van der Waals surface area contributed by atoms with Crippen molar-refractivity contribution < 1.29 is 13.2 Å². The Morgan fingerprint density at radius 3 is 2.50 bits per heavy atom. The van der Waals surface area contributed by atoms with Gasteiger partial charge >= 0.3 is 0 Å². The van der Waals surface area contributed by atoms with Gasteiger partial charge in [-0.15, -0.1) is 0 Å². The van der Waals surface area contributed by atoms with Crippen LogP contribution < -0.4 is 4.74 Å². The normalized spacial score (nSPS) is 11.8. The summed E-state index contributed by atoms with van der Waals surface area (Å²) in [4.78, 5) is 2.34. The summed E-state index contributed by atoms with van der Waals surface area (Å²) < 4.78 is 30.3. The molecule has 0 aliphatic rings. The Kier molecular flexibility index (Phi) is 5.59. The van der Waals surface area contributed by atoms with Crippen LogP contribution in [-0.4, -0.2) is 39.8 Å². The SMILES string of the molecule is COc1cccc(S(=O)(=O)CCN(C)Cc2cccc3ccccc23)c1. The van der Waals surface area contributed by atoms with Crippen LogP contribution in [0.1, 0.15) is 5.56 Å². The topological polar surface area (TPSA) is 46.6 Å². The minimum absolute atomic E-state index is 0.0709. The number of fused-ring (bicyclic) bond motifs is 1. The van der Waals surface area contributed by atoms with Crippen LogP contribution in [-0.2, 0) is 16.4 Å². The zero-order chi connectivity index (χ0) is 18.6. The van der Waals surface area contributed by atoms with E-state index in [9.17, 15) is 8.42 Å². The first-order chi connectivity index (χ1) is 12.5. The molecule has 0 unspecified atom stereocenters. The average Bonchev–Trinajstić information content (AvgIpc) is 2.67. The molecule has 4 nitrogen and oxygen atoms in total. The van der Waals surface area contributed by atoms with Crippen molar-refractivity contribution in [3.8, 4) is 5.75 Å². The molecule has 3 aromatic carbocycles. The summed E-state index contributed by atoms with van der Waals surface area (Å²) in [6, 6.07) is 21.1. The van der Waals surface area contributed by atoms with E-state index in [4.69, 9.17) is 4.74 Å². The van der Waals surface area contributed by atoms with Gasteiger partial charge in [0.2, 0.25) is 0 Å². The predicted octanol–water partition coefficient (Wildman–Crippen LogP) is 3.75. The van der Waals surface area contributed by atoms with E-state index in [0.717, 1.165) is 0 Å². The van der Waals surface area contributed by atoms with Crippen LogP contribution in [0.25, 0.3) is 10.8 Å². The Bertz CT molecular complexity index is 994. The van der Waals surface area contributed by atoms with Gasteiger partial charge in [0.15, 0.2) is 9.84 Å². The maximum Gasteiger partial charge on any atom is 0.179 e. The van der Waals surface area contributed by atoms with Crippen molar-refractivity contribution in [1.29, 1.82) is 0 Å². The third-order valence-corrected chi connectivity index (χ3v) is 6.15. The van der Waals surface area contributed by atoms with Gasteiger partial charge in [0.25, 0.3) is 0 Å². The van der Waals surface area contributed by atoms with E-state index in [-0.39, 0.29) is 5.75 Å². The predicted molar refractivity (Wildman–Crippen MR) is 105 cm³/mol. The number of rotatable bonds is 7. The fraction of sp³-hybridized carbons (Fsp3) is 0.238. The highest BCUT2D eigenvalue weighted by Crippen LogP contribution is 2.21. The summed E-state index contributed by atoms with van der Waals surface area (Å²) in [5.74, 6) is 0.622. The van der Waals surface area contributed by atoms with Crippen molar-refractivity contribution >= 4 is 20.6 Å². The fourth-order valence-corrected chi connectivity index (χ4v) is 4.36. The summed E-state index contributed by atoms with van der Waals surface area (Å²) in [6.07, 6.45) is 0. The molecule has 3 rings (SSSR count). The summed E-state index contributed by atoms with van der Waals surface area (Å²) >= 11 is 0. The molecule has 0 heterocycles. The van der Waals surface area contributed by atoms with Gasteiger partial charge in [-0.05, 0) is 41.6 Å². The minimum atomic E-state index is -3.34. The third kappa shape index (κ3) is 4.23. The molecular formula is C21H23NO3S. The highest BCUT2D eigenvalue weighted by atomic mass is 32.2. The van der Waals surface area contributed by atoms with Crippen LogP contribution in [0.5, 0.6) is 5.75 Å². The molecule has 136 valence electrons. The van der Waals surface area contributed by atoms with Crippen LogP contribution in [0.2, 0.25) is 0 Å². The third-order valence-electron chi connectivity index (χ3n) is 4.46. The molecule has 0 saturated heterocycles. The number of benzene rings is 3. The van der Waals surface area contributed by atoms with Crippen LogP contribution in [0.15, 0.2) is 71.6 Å². The van der Waals surface area contributed by atoms with Gasteiger partial charge in [-0.25, -0.2) is 8.42 Å². The molecule has 0 saturated carbocycles. The lowest BCUT2D eigenvalue weighted by Crippen LogP contribution is -2.25. The van der Waals surface area contributed by atoms with Gasteiger partial charge in [-0.2, -0.15) is 0 Å². The van der Waals surface area contributed by atoms with Crippen LogP contribution >= 0.6 is 0 Å². The molecule has 0 spiro atoms. The second-order valence-corrected chi connectivity index (χ2v) is 8.48. The summed E-state index contributed by atoms with van der Waals surface area (Å²) in [5, 5.41) is 2.40. The van der Waals surface area contributed by atoms with Gasteiger partial charge in [0.1, 0.15) is 5.75 Å². The number of ether oxygens (including phenoxy) is 1. The van der Waals surface area contributed by atoms with E-state index in [1.807, 2.05) is 30.1 Å². The van der Waals surface area contributed by atoms with Crippen molar-refractivity contribution in [2.75, 3.05) is 26.5 Å². The van der Waals surface area contributed by atoms with E-state index in [2.05, 4.69) is 24.3 Å². The first kappa shape index (κ1) is 18.4. The summed E-state index contributed by atoms with van der Waals surface area (Å²) in [6.45, 7) is 1.16. The van der Waals surface area contributed by atoms with Crippen molar-refractivity contribution in [2.45, 2.75) is 11.4 Å². The molecule has 0 aromatic heterocycles. The van der Waals surface area contributed by atoms with Crippen molar-refractivity contribution in [3.63, 3.8) is 0 Å². The maximum atomic E-state index is 12.6. The highest BCUT2D eigenvalue weighted by Gasteiger charge is 2.16. The lowest BCUT2D eigenvalue weighted by molar-refractivity contribution is 0.347. The number of methoxy groups -OCH3 is 1. The molecule has 3 aromatic rings. The molecular weight excluding hydrogens is 346 g/mol. The Labute approximate surface area is 154 Å². The van der Waals surface area contributed by atoms with E-state index in [1.54, 1.807) is 24.3 Å². The quantitative estimate of drug-likeness (QED) is 0.636. The van der Waals surface area contributed by atoms with Crippen LogP contribution in [0, 0.1) is 0 Å². The first-order valence-corrected chi connectivity index (χ1v) is 10.2. The number of hydrogen-bond donors (Lipinski definition) is 0. The molecule has 0 bridgehead atoms. The first-order valence-electron chi connectivity index (χ1n) is 8.51. The van der Waals surface area contributed by atoms with Gasteiger partial charge in [0.05, 0.1) is 17.8 Å². The largest absolute Gasteiger partial charge is 0.497 e. The molecule has 0 fully saturated rings. The second-order valence-electron chi connectivity index (χ2n) is 6.37. The van der Waals surface area contributed by atoms with Crippen molar-refractivity contribution in [3.05, 3.63) is 72.3 Å². The number of nitrogens with zero attached hydrogens (tertiary/aromatic N) is 1. The molecule has 0 aliphatic heterocycles. The molecule has 0 aliphatic carbocycles. The van der Waals surface area contributed by atoms with Crippen LogP contribution in [0.3, 0.4) is 0 Å². The minimum Gasteiger partial charge on any atom is -0.497 e.